The summed E-state index contributed by atoms with van der Waals surface area (Å²) in [5.74, 6) is -0.401. The van der Waals surface area contributed by atoms with Crippen LogP contribution >= 0.6 is 27.3 Å². The summed E-state index contributed by atoms with van der Waals surface area (Å²) in [6.45, 7) is 1.49. The third-order valence-corrected chi connectivity index (χ3v) is 6.37. The number of thiazole rings is 1. The Morgan fingerprint density at radius 3 is 2.77 bits per heavy atom. The fourth-order valence-corrected chi connectivity index (χ4v) is 4.59. The first-order valence-electron chi connectivity index (χ1n) is 9.01. The monoisotopic (exact) mass is 489 g/mol. The van der Waals surface area contributed by atoms with Crippen molar-refractivity contribution >= 4 is 39.2 Å². The average molecular weight is 490 g/mol. The molecule has 4 rings (SSSR count). The zero-order chi connectivity index (χ0) is 21.5. The quantitative estimate of drug-likeness (QED) is 0.527. The van der Waals surface area contributed by atoms with Crippen LogP contribution in [0.1, 0.15) is 18.2 Å². The smallest absolute Gasteiger partial charge is 0.325 e. The van der Waals surface area contributed by atoms with Gasteiger partial charge >= 0.3 is 6.03 Å². The SMILES string of the molecule is COc1ccc(Br)cc1-c1nc(CN2C(=O)NC(C)(c3ccccc3F)C2=O)cs1. The van der Waals surface area contributed by atoms with E-state index in [9.17, 15) is 14.0 Å². The van der Waals surface area contributed by atoms with E-state index in [1.807, 2.05) is 18.2 Å². The third-order valence-electron chi connectivity index (χ3n) is 4.95. The molecule has 1 saturated heterocycles. The maximum absolute atomic E-state index is 14.3. The summed E-state index contributed by atoms with van der Waals surface area (Å²) < 4.78 is 20.6. The molecule has 0 spiro atoms. The minimum Gasteiger partial charge on any atom is -0.496 e. The first kappa shape index (κ1) is 20.5. The van der Waals surface area contributed by atoms with E-state index in [0.717, 1.165) is 14.9 Å². The zero-order valence-electron chi connectivity index (χ0n) is 16.1. The fourth-order valence-electron chi connectivity index (χ4n) is 3.40. The van der Waals surface area contributed by atoms with Crippen molar-refractivity contribution < 1.29 is 18.7 Å². The molecule has 0 aliphatic carbocycles. The van der Waals surface area contributed by atoms with E-state index in [0.29, 0.717) is 16.5 Å². The highest BCUT2D eigenvalue weighted by atomic mass is 79.9. The van der Waals surface area contributed by atoms with Gasteiger partial charge < -0.3 is 10.1 Å². The number of hydrogen-bond donors (Lipinski definition) is 1. The van der Waals surface area contributed by atoms with Gasteiger partial charge in [-0.3, -0.25) is 9.69 Å². The fraction of sp³-hybridized carbons (Fsp3) is 0.190. The Kier molecular flexibility index (Phi) is 5.33. The lowest BCUT2D eigenvalue weighted by Crippen LogP contribution is -2.41. The number of carbonyl (C=O) groups is 2. The van der Waals surface area contributed by atoms with E-state index in [2.05, 4.69) is 26.2 Å². The Bertz CT molecular complexity index is 1150. The number of ether oxygens (including phenoxy) is 1. The van der Waals surface area contributed by atoms with E-state index < -0.39 is 23.3 Å². The van der Waals surface area contributed by atoms with Gasteiger partial charge in [0.05, 0.1) is 24.9 Å². The first-order chi connectivity index (χ1) is 14.3. The number of benzene rings is 2. The average Bonchev–Trinajstić information content (AvgIpc) is 3.27. The standard InChI is InChI=1S/C21H17BrFN3O3S/c1-21(15-5-3-4-6-16(15)23)19(27)26(20(28)25-21)10-13-11-30-18(24-13)14-9-12(22)7-8-17(14)29-2/h3-9,11H,10H2,1-2H3,(H,25,28). The van der Waals surface area contributed by atoms with Gasteiger partial charge in [-0.2, -0.15) is 0 Å². The van der Waals surface area contributed by atoms with Crippen LogP contribution in [0.5, 0.6) is 5.75 Å². The molecule has 2 heterocycles. The molecule has 3 aromatic rings. The van der Waals surface area contributed by atoms with Crippen LogP contribution in [0.25, 0.3) is 10.6 Å². The molecule has 9 heteroatoms. The summed E-state index contributed by atoms with van der Waals surface area (Å²) in [4.78, 5) is 31.2. The van der Waals surface area contributed by atoms with Crippen molar-refractivity contribution in [3.05, 3.63) is 69.4 Å². The van der Waals surface area contributed by atoms with Gasteiger partial charge in [0, 0.05) is 15.4 Å². The second kappa shape index (κ2) is 7.81. The van der Waals surface area contributed by atoms with Crippen LogP contribution < -0.4 is 10.1 Å². The Labute approximate surface area is 184 Å². The van der Waals surface area contributed by atoms with Crippen molar-refractivity contribution in [2.75, 3.05) is 7.11 Å². The number of methoxy groups -OCH3 is 1. The number of carbonyl (C=O) groups excluding carboxylic acids is 2. The number of nitrogens with zero attached hydrogens (tertiary/aromatic N) is 2. The second-order valence-electron chi connectivity index (χ2n) is 6.91. The van der Waals surface area contributed by atoms with Gasteiger partial charge in [0.1, 0.15) is 22.1 Å². The van der Waals surface area contributed by atoms with E-state index in [4.69, 9.17) is 4.74 Å². The van der Waals surface area contributed by atoms with Crippen LogP contribution in [0.4, 0.5) is 9.18 Å². The topological polar surface area (TPSA) is 71.5 Å². The van der Waals surface area contributed by atoms with Crippen molar-refractivity contribution in [3.63, 3.8) is 0 Å². The lowest BCUT2D eigenvalue weighted by molar-refractivity contribution is -0.131. The number of hydrogen-bond acceptors (Lipinski definition) is 5. The van der Waals surface area contributed by atoms with Crippen LogP contribution in [0.3, 0.4) is 0 Å². The molecule has 1 aromatic heterocycles. The van der Waals surface area contributed by atoms with Gasteiger partial charge in [-0.1, -0.05) is 34.1 Å². The normalized spacial score (nSPS) is 18.6. The molecule has 1 unspecified atom stereocenters. The molecule has 1 aliphatic heterocycles. The minimum atomic E-state index is -1.46. The molecule has 6 nitrogen and oxygen atoms in total. The molecule has 0 saturated carbocycles. The van der Waals surface area contributed by atoms with Gasteiger partial charge in [-0.05, 0) is 31.2 Å². The molecule has 1 aliphatic rings. The third kappa shape index (κ3) is 3.48. The molecule has 0 bridgehead atoms. The molecule has 154 valence electrons. The number of nitrogens with one attached hydrogen (secondary N) is 1. The maximum atomic E-state index is 14.3. The summed E-state index contributed by atoms with van der Waals surface area (Å²) >= 11 is 4.83. The predicted molar refractivity (Wildman–Crippen MR) is 115 cm³/mol. The van der Waals surface area contributed by atoms with Crippen LogP contribution in [0, 0.1) is 5.82 Å². The first-order valence-corrected chi connectivity index (χ1v) is 10.7. The van der Waals surface area contributed by atoms with Crippen LogP contribution in [0.2, 0.25) is 0 Å². The summed E-state index contributed by atoms with van der Waals surface area (Å²) in [6.07, 6.45) is 0. The van der Waals surface area contributed by atoms with Crippen molar-refractivity contribution in [2.24, 2.45) is 0 Å². The van der Waals surface area contributed by atoms with E-state index >= 15 is 0 Å². The van der Waals surface area contributed by atoms with E-state index in [1.54, 1.807) is 18.6 Å². The Balaban J connectivity index is 1.60. The summed E-state index contributed by atoms with van der Waals surface area (Å²) in [6, 6.07) is 10.9. The highest BCUT2D eigenvalue weighted by molar-refractivity contribution is 9.10. The number of halogens is 2. The molecule has 2 aromatic carbocycles. The summed E-state index contributed by atoms with van der Waals surface area (Å²) in [5, 5.41) is 5.11. The van der Waals surface area contributed by atoms with Crippen molar-refractivity contribution in [2.45, 2.75) is 19.0 Å². The summed E-state index contributed by atoms with van der Waals surface area (Å²) in [7, 11) is 1.58. The van der Waals surface area contributed by atoms with E-state index in [1.165, 1.54) is 36.5 Å². The Hall–Kier alpha value is -2.78. The molecule has 1 atom stereocenters. The number of amides is 3. The lowest BCUT2D eigenvalue weighted by Gasteiger charge is -2.22. The van der Waals surface area contributed by atoms with Gasteiger partial charge in [0.25, 0.3) is 5.91 Å². The molecule has 1 fully saturated rings. The number of rotatable bonds is 5. The van der Waals surface area contributed by atoms with Gasteiger partial charge in [-0.15, -0.1) is 11.3 Å². The van der Waals surface area contributed by atoms with Crippen LogP contribution in [0.15, 0.2) is 52.3 Å². The molecule has 3 amide bonds. The molecular formula is C21H17BrFN3O3S. The van der Waals surface area contributed by atoms with Crippen molar-refractivity contribution in [1.29, 1.82) is 0 Å². The highest BCUT2D eigenvalue weighted by Crippen LogP contribution is 2.36. The van der Waals surface area contributed by atoms with Gasteiger partial charge in [0.15, 0.2) is 0 Å². The predicted octanol–water partition coefficient (Wildman–Crippen LogP) is 4.69. The largest absolute Gasteiger partial charge is 0.496 e. The highest BCUT2D eigenvalue weighted by Gasteiger charge is 2.50. The summed E-state index contributed by atoms with van der Waals surface area (Å²) in [5.41, 5.74) is 0.0212. The van der Waals surface area contributed by atoms with Crippen LogP contribution in [-0.2, 0) is 16.9 Å². The molecule has 1 N–H and O–H groups in total. The Morgan fingerprint density at radius 2 is 2.03 bits per heavy atom. The van der Waals surface area contributed by atoms with Gasteiger partial charge in [-0.25, -0.2) is 14.2 Å². The minimum absolute atomic E-state index is 0.0124. The number of urea groups is 1. The second-order valence-corrected chi connectivity index (χ2v) is 8.69. The lowest BCUT2D eigenvalue weighted by atomic mass is 9.91. The maximum Gasteiger partial charge on any atom is 0.325 e. The Morgan fingerprint density at radius 1 is 1.27 bits per heavy atom. The number of imide groups is 1. The van der Waals surface area contributed by atoms with Gasteiger partial charge in [0.2, 0.25) is 0 Å². The number of aromatic nitrogens is 1. The van der Waals surface area contributed by atoms with E-state index in [-0.39, 0.29) is 12.1 Å². The zero-order valence-corrected chi connectivity index (χ0v) is 18.5. The van der Waals surface area contributed by atoms with Crippen LogP contribution in [-0.4, -0.2) is 28.9 Å². The van der Waals surface area contributed by atoms with Crippen molar-refractivity contribution in [1.82, 2.24) is 15.2 Å². The molecule has 0 radical (unpaired) electrons. The molecular weight excluding hydrogens is 473 g/mol. The molecule has 30 heavy (non-hydrogen) atoms. The van der Waals surface area contributed by atoms with Crippen molar-refractivity contribution in [3.8, 4) is 16.3 Å².